The largest absolute Gasteiger partial charge is 0.459 e. The molecule has 5 heteroatoms. The second kappa shape index (κ2) is 10.0. The molecule has 0 aliphatic heterocycles. The molecule has 0 spiro atoms. The van der Waals surface area contributed by atoms with Crippen molar-refractivity contribution in [3.8, 4) is 0 Å². The summed E-state index contributed by atoms with van der Waals surface area (Å²) < 4.78 is 19.4. The standard InChI is InChI=1S/C21H25FO4/c1-2-17(10-11-23)18-9-8-16(12-19(18)22)13-20(24)21(25)26-14-15-6-4-3-5-7-15/h3-9,12,17,20,23-24H,2,10-11,13-14H2,1H3/t17?,20-/m1/s1. The van der Waals surface area contributed by atoms with Crippen LogP contribution in [-0.2, 0) is 22.6 Å². The Morgan fingerprint density at radius 1 is 1.15 bits per heavy atom. The fourth-order valence-corrected chi connectivity index (χ4v) is 2.90. The van der Waals surface area contributed by atoms with Crippen LogP contribution >= 0.6 is 0 Å². The highest BCUT2D eigenvalue weighted by molar-refractivity contribution is 5.74. The molecular formula is C21H25FO4. The lowest BCUT2D eigenvalue weighted by Gasteiger charge is -2.16. The van der Waals surface area contributed by atoms with E-state index < -0.39 is 12.1 Å². The van der Waals surface area contributed by atoms with E-state index in [9.17, 15) is 14.3 Å². The summed E-state index contributed by atoms with van der Waals surface area (Å²) in [7, 11) is 0. The van der Waals surface area contributed by atoms with E-state index in [1.165, 1.54) is 6.07 Å². The van der Waals surface area contributed by atoms with Crippen LogP contribution in [-0.4, -0.2) is 28.9 Å². The molecule has 0 aliphatic carbocycles. The lowest BCUT2D eigenvalue weighted by Crippen LogP contribution is -2.25. The van der Waals surface area contributed by atoms with Gasteiger partial charge in [0.15, 0.2) is 6.10 Å². The summed E-state index contributed by atoms with van der Waals surface area (Å²) in [5.41, 5.74) is 1.90. The summed E-state index contributed by atoms with van der Waals surface area (Å²) in [5, 5.41) is 19.1. The Morgan fingerprint density at radius 2 is 1.88 bits per heavy atom. The van der Waals surface area contributed by atoms with Crippen LogP contribution in [0.5, 0.6) is 0 Å². The summed E-state index contributed by atoms with van der Waals surface area (Å²) >= 11 is 0. The van der Waals surface area contributed by atoms with Gasteiger partial charge in [0.05, 0.1) is 0 Å². The van der Waals surface area contributed by atoms with Crippen molar-refractivity contribution >= 4 is 5.97 Å². The topological polar surface area (TPSA) is 66.8 Å². The molecule has 0 aromatic heterocycles. The summed E-state index contributed by atoms with van der Waals surface area (Å²) in [6, 6.07) is 13.9. The van der Waals surface area contributed by atoms with Gasteiger partial charge in [0.2, 0.25) is 0 Å². The summed E-state index contributed by atoms with van der Waals surface area (Å²) in [6.45, 7) is 2.04. The SMILES string of the molecule is CCC(CCO)c1ccc(C[C@@H](O)C(=O)OCc2ccccc2)cc1F. The van der Waals surface area contributed by atoms with Gasteiger partial charge >= 0.3 is 5.97 Å². The van der Waals surface area contributed by atoms with Crippen LogP contribution in [0.4, 0.5) is 4.39 Å². The van der Waals surface area contributed by atoms with Gasteiger partial charge in [0, 0.05) is 13.0 Å². The molecule has 0 saturated carbocycles. The molecule has 2 aromatic carbocycles. The molecule has 0 saturated heterocycles. The van der Waals surface area contributed by atoms with Crippen LogP contribution in [0.3, 0.4) is 0 Å². The van der Waals surface area contributed by atoms with E-state index in [0.29, 0.717) is 17.5 Å². The van der Waals surface area contributed by atoms with E-state index in [2.05, 4.69) is 0 Å². The van der Waals surface area contributed by atoms with E-state index in [1.807, 2.05) is 37.3 Å². The van der Waals surface area contributed by atoms with Gasteiger partial charge in [0.1, 0.15) is 12.4 Å². The van der Waals surface area contributed by atoms with Gasteiger partial charge in [-0.1, -0.05) is 49.4 Å². The third-order valence-corrected chi connectivity index (χ3v) is 4.40. The quantitative estimate of drug-likeness (QED) is 0.673. The van der Waals surface area contributed by atoms with Crippen molar-refractivity contribution < 1.29 is 24.1 Å². The third-order valence-electron chi connectivity index (χ3n) is 4.40. The lowest BCUT2D eigenvalue weighted by molar-refractivity contribution is -0.154. The zero-order chi connectivity index (χ0) is 18.9. The molecule has 26 heavy (non-hydrogen) atoms. The minimum atomic E-state index is -1.34. The summed E-state index contributed by atoms with van der Waals surface area (Å²) in [6.07, 6.45) is -0.128. The van der Waals surface area contributed by atoms with Gasteiger partial charge in [-0.3, -0.25) is 0 Å². The monoisotopic (exact) mass is 360 g/mol. The van der Waals surface area contributed by atoms with Gasteiger partial charge < -0.3 is 14.9 Å². The molecule has 0 radical (unpaired) electrons. The molecule has 2 aromatic rings. The smallest absolute Gasteiger partial charge is 0.335 e. The molecule has 0 heterocycles. The maximum absolute atomic E-state index is 14.4. The fourth-order valence-electron chi connectivity index (χ4n) is 2.90. The van der Waals surface area contributed by atoms with Gasteiger partial charge in [-0.25, -0.2) is 9.18 Å². The first kappa shape index (κ1) is 20.1. The zero-order valence-electron chi connectivity index (χ0n) is 14.9. The number of benzene rings is 2. The Balaban J connectivity index is 1.94. The number of esters is 1. The molecular weight excluding hydrogens is 335 g/mol. The molecule has 4 nitrogen and oxygen atoms in total. The van der Waals surface area contributed by atoms with Gasteiger partial charge in [-0.05, 0) is 41.5 Å². The number of carbonyl (C=O) groups is 1. The molecule has 0 amide bonds. The van der Waals surface area contributed by atoms with E-state index >= 15 is 0 Å². The maximum atomic E-state index is 14.4. The number of aliphatic hydroxyl groups excluding tert-OH is 2. The Labute approximate surface area is 153 Å². The Hall–Kier alpha value is -2.24. The predicted molar refractivity (Wildman–Crippen MR) is 97.1 cm³/mol. The average Bonchev–Trinajstić information content (AvgIpc) is 2.65. The number of rotatable bonds is 9. The molecule has 2 N–H and O–H groups in total. The number of aliphatic hydroxyl groups is 2. The Kier molecular flexibility index (Phi) is 7.75. The Morgan fingerprint density at radius 3 is 2.50 bits per heavy atom. The van der Waals surface area contributed by atoms with Gasteiger partial charge in [0.25, 0.3) is 0 Å². The number of halogens is 1. The molecule has 140 valence electrons. The number of ether oxygens (including phenoxy) is 1. The normalized spacial score (nSPS) is 13.2. The van der Waals surface area contributed by atoms with E-state index in [0.717, 1.165) is 12.0 Å². The van der Waals surface area contributed by atoms with E-state index in [4.69, 9.17) is 9.84 Å². The van der Waals surface area contributed by atoms with Crippen molar-refractivity contribution in [3.05, 3.63) is 71.0 Å². The minimum absolute atomic E-state index is 0.00562. The highest BCUT2D eigenvalue weighted by Gasteiger charge is 2.19. The van der Waals surface area contributed by atoms with Crippen molar-refractivity contribution in [2.75, 3.05) is 6.61 Å². The third kappa shape index (κ3) is 5.64. The van der Waals surface area contributed by atoms with Gasteiger partial charge in [-0.15, -0.1) is 0 Å². The second-order valence-electron chi connectivity index (χ2n) is 6.29. The molecule has 0 fully saturated rings. The van der Waals surface area contributed by atoms with Crippen LogP contribution in [0.25, 0.3) is 0 Å². The Bertz CT molecular complexity index is 702. The fraction of sp³-hybridized carbons (Fsp3) is 0.381. The summed E-state index contributed by atoms with van der Waals surface area (Å²) in [4.78, 5) is 11.9. The zero-order valence-corrected chi connectivity index (χ0v) is 14.9. The van der Waals surface area contributed by atoms with Crippen LogP contribution in [0.2, 0.25) is 0 Å². The number of hydrogen-bond acceptors (Lipinski definition) is 4. The van der Waals surface area contributed by atoms with Crippen LogP contribution in [0.15, 0.2) is 48.5 Å². The predicted octanol–water partition coefficient (Wildman–Crippen LogP) is 3.35. The maximum Gasteiger partial charge on any atom is 0.335 e. The highest BCUT2D eigenvalue weighted by atomic mass is 19.1. The highest BCUT2D eigenvalue weighted by Crippen LogP contribution is 2.26. The number of hydrogen-bond donors (Lipinski definition) is 2. The van der Waals surface area contributed by atoms with Crippen molar-refractivity contribution in [2.45, 2.75) is 44.8 Å². The van der Waals surface area contributed by atoms with Gasteiger partial charge in [-0.2, -0.15) is 0 Å². The van der Waals surface area contributed by atoms with Crippen molar-refractivity contribution in [1.82, 2.24) is 0 Å². The summed E-state index contributed by atoms with van der Waals surface area (Å²) in [5.74, 6) is -1.16. The molecule has 1 unspecified atom stereocenters. The minimum Gasteiger partial charge on any atom is -0.459 e. The molecule has 2 rings (SSSR count). The molecule has 0 aliphatic rings. The van der Waals surface area contributed by atoms with E-state index in [-0.39, 0.29) is 31.4 Å². The first-order chi connectivity index (χ1) is 12.5. The average molecular weight is 360 g/mol. The van der Waals surface area contributed by atoms with Crippen molar-refractivity contribution in [3.63, 3.8) is 0 Å². The van der Waals surface area contributed by atoms with Crippen LogP contribution in [0, 0.1) is 5.82 Å². The van der Waals surface area contributed by atoms with Crippen LogP contribution in [0.1, 0.15) is 42.4 Å². The van der Waals surface area contributed by atoms with E-state index in [1.54, 1.807) is 12.1 Å². The first-order valence-electron chi connectivity index (χ1n) is 8.83. The van der Waals surface area contributed by atoms with Crippen molar-refractivity contribution in [2.24, 2.45) is 0 Å². The van der Waals surface area contributed by atoms with Crippen LogP contribution < -0.4 is 0 Å². The molecule has 0 bridgehead atoms. The molecule has 2 atom stereocenters. The first-order valence-corrected chi connectivity index (χ1v) is 8.83. The number of carbonyl (C=O) groups excluding carboxylic acids is 1. The second-order valence-corrected chi connectivity index (χ2v) is 6.29. The van der Waals surface area contributed by atoms with Crippen molar-refractivity contribution in [1.29, 1.82) is 0 Å². The lowest BCUT2D eigenvalue weighted by atomic mass is 9.91.